The normalized spacial score (nSPS) is 10.4. The molecule has 0 aliphatic carbocycles. The van der Waals surface area contributed by atoms with Gasteiger partial charge in [-0.3, -0.25) is 4.79 Å². The van der Waals surface area contributed by atoms with Gasteiger partial charge in [-0.15, -0.1) is 0 Å². The topological polar surface area (TPSA) is 73.9 Å². The maximum Gasteiger partial charge on any atom is 0.319 e. The van der Waals surface area contributed by atoms with Crippen molar-refractivity contribution in [1.29, 1.82) is 0 Å². The summed E-state index contributed by atoms with van der Waals surface area (Å²) in [5.41, 5.74) is 3.22. The van der Waals surface area contributed by atoms with Crippen molar-refractivity contribution in [2.45, 2.75) is 20.0 Å². The van der Waals surface area contributed by atoms with Crippen LogP contribution < -0.4 is 15.5 Å². The van der Waals surface area contributed by atoms with Crippen LogP contribution >= 0.6 is 0 Å². The van der Waals surface area contributed by atoms with E-state index >= 15 is 0 Å². The number of methoxy groups -OCH3 is 1. The third-order valence-corrected chi connectivity index (χ3v) is 4.42. The van der Waals surface area contributed by atoms with Gasteiger partial charge in [0.05, 0.1) is 0 Å². The van der Waals surface area contributed by atoms with Crippen molar-refractivity contribution in [2.75, 3.05) is 44.6 Å². The molecule has 0 spiro atoms. The van der Waals surface area contributed by atoms with Gasteiger partial charge in [0, 0.05) is 52.2 Å². The van der Waals surface area contributed by atoms with Crippen molar-refractivity contribution in [2.24, 2.45) is 0 Å². The molecule has 0 bridgehead atoms. The molecule has 0 aliphatic heterocycles. The number of nitrogens with one attached hydrogen (secondary N) is 2. The van der Waals surface area contributed by atoms with Gasteiger partial charge in [-0.2, -0.15) is 0 Å². The maximum absolute atomic E-state index is 13.2. The Balaban J connectivity index is 2.31. The van der Waals surface area contributed by atoms with Crippen molar-refractivity contribution in [3.63, 3.8) is 0 Å². The molecule has 2 aromatic carbocycles. The van der Waals surface area contributed by atoms with Crippen molar-refractivity contribution >= 4 is 23.3 Å². The summed E-state index contributed by atoms with van der Waals surface area (Å²) in [6.45, 7) is 2.91. The third kappa shape index (κ3) is 6.73. The van der Waals surface area contributed by atoms with E-state index < -0.39 is 0 Å². The minimum atomic E-state index is -0.326. The van der Waals surface area contributed by atoms with Crippen LogP contribution in [0.5, 0.6) is 0 Å². The molecule has 162 valence electrons. The molecule has 0 atom stereocenters. The van der Waals surface area contributed by atoms with E-state index in [2.05, 4.69) is 10.6 Å². The van der Waals surface area contributed by atoms with Crippen LogP contribution in [-0.4, -0.2) is 51.2 Å². The number of ether oxygens (including phenoxy) is 1. The Bertz CT molecular complexity index is 856. The number of amides is 3. The minimum Gasteiger partial charge on any atom is -0.377 e. The van der Waals surface area contributed by atoms with Gasteiger partial charge in [0.25, 0.3) is 0 Å². The van der Waals surface area contributed by atoms with Crippen LogP contribution in [-0.2, 0) is 22.6 Å². The van der Waals surface area contributed by atoms with Crippen molar-refractivity contribution in [3.05, 3.63) is 59.4 Å². The highest BCUT2D eigenvalue weighted by Gasteiger charge is 2.18. The maximum atomic E-state index is 13.2. The molecule has 0 aromatic heterocycles. The minimum absolute atomic E-state index is 0.0602. The molecule has 0 saturated carbocycles. The lowest BCUT2D eigenvalue weighted by Gasteiger charge is -2.26. The predicted molar refractivity (Wildman–Crippen MR) is 116 cm³/mol. The zero-order valence-electron chi connectivity index (χ0n) is 17.9. The summed E-state index contributed by atoms with van der Waals surface area (Å²) in [6, 6.07) is 11.3. The molecule has 0 aliphatic rings. The lowest BCUT2D eigenvalue weighted by Crippen LogP contribution is -2.33. The van der Waals surface area contributed by atoms with Gasteiger partial charge in [-0.1, -0.05) is 12.1 Å². The molecule has 2 aromatic rings. The Morgan fingerprint density at radius 1 is 1.07 bits per heavy atom. The number of benzene rings is 2. The second kappa shape index (κ2) is 11.2. The first-order valence-corrected chi connectivity index (χ1v) is 9.70. The van der Waals surface area contributed by atoms with Crippen LogP contribution in [0.15, 0.2) is 42.5 Å². The highest BCUT2D eigenvalue weighted by Crippen LogP contribution is 2.25. The Kier molecular flexibility index (Phi) is 8.61. The number of rotatable bonds is 9. The van der Waals surface area contributed by atoms with E-state index in [9.17, 15) is 14.0 Å². The second-order valence-electron chi connectivity index (χ2n) is 7.03. The first-order valence-electron chi connectivity index (χ1n) is 9.70. The number of halogens is 1. The fourth-order valence-corrected chi connectivity index (χ4v) is 3.02. The van der Waals surface area contributed by atoms with E-state index in [1.807, 2.05) is 44.1 Å². The van der Waals surface area contributed by atoms with Crippen molar-refractivity contribution in [3.8, 4) is 0 Å². The molecule has 0 unspecified atom stereocenters. The molecular weight excluding hydrogens is 387 g/mol. The molecule has 0 heterocycles. The lowest BCUT2D eigenvalue weighted by molar-refractivity contribution is -0.136. The van der Waals surface area contributed by atoms with Crippen molar-refractivity contribution in [1.82, 2.24) is 10.2 Å². The van der Waals surface area contributed by atoms with Crippen LogP contribution in [0.4, 0.5) is 20.6 Å². The van der Waals surface area contributed by atoms with E-state index in [0.717, 1.165) is 16.8 Å². The Morgan fingerprint density at radius 3 is 2.37 bits per heavy atom. The van der Waals surface area contributed by atoms with Gasteiger partial charge < -0.3 is 25.2 Å². The van der Waals surface area contributed by atoms with E-state index in [0.29, 0.717) is 25.3 Å². The van der Waals surface area contributed by atoms with Crippen LogP contribution in [0.3, 0.4) is 0 Å². The average molecular weight is 416 g/mol. The number of anilines is 2. The number of nitrogens with zero attached hydrogens (tertiary/aromatic N) is 2. The van der Waals surface area contributed by atoms with Gasteiger partial charge >= 0.3 is 6.03 Å². The quantitative estimate of drug-likeness (QED) is 0.658. The molecule has 2 N–H and O–H groups in total. The SMILES string of the molecule is CCNC(=O)Nc1ccc(N(C)C)c(CN(Cc2ccc(F)cc2)C(=O)COC)c1. The zero-order chi connectivity index (χ0) is 22.1. The van der Waals surface area contributed by atoms with Gasteiger partial charge in [0.2, 0.25) is 5.91 Å². The van der Waals surface area contributed by atoms with Gasteiger partial charge in [0.15, 0.2) is 0 Å². The van der Waals surface area contributed by atoms with Gasteiger partial charge in [-0.25, -0.2) is 9.18 Å². The molecule has 0 saturated heterocycles. The third-order valence-electron chi connectivity index (χ3n) is 4.42. The fraction of sp³-hybridized carbons (Fsp3) is 0.364. The zero-order valence-corrected chi connectivity index (χ0v) is 17.9. The van der Waals surface area contributed by atoms with Crippen molar-refractivity contribution < 1.29 is 18.7 Å². The number of hydrogen-bond donors (Lipinski definition) is 2. The van der Waals surface area contributed by atoms with Crippen LogP contribution in [0, 0.1) is 5.82 Å². The summed E-state index contributed by atoms with van der Waals surface area (Å²) in [4.78, 5) is 28.2. The largest absolute Gasteiger partial charge is 0.377 e. The predicted octanol–water partition coefficient (Wildman–Crippen LogP) is 3.21. The monoisotopic (exact) mass is 416 g/mol. The smallest absolute Gasteiger partial charge is 0.319 e. The van der Waals surface area contributed by atoms with E-state index in [1.54, 1.807) is 17.0 Å². The second-order valence-corrected chi connectivity index (χ2v) is 7.03. The first-order chi connectivity index (χ1) is 14.3. The fourth-order valence-electron chi connectivity index (χ4n) is 3.02. The highest BCUT2D eigenvalue weighted by atomic mass is 19.1. The summed E-state index contributed by atoms with van der Waals surface area (Å²) in [5, 5.41) is 5.49. The number of carbonyl (C=O) groups is 2. The highest BCUT2D eigenvalue weighted by molar-refractivity contribution is 5.89. The summed E-state index contributed by atoms with van der Waals surface area (Å²) in [6.07, 6.45) is 0. The summed E-state index contributed by atoms with van der Waals surface area (Å²) >= 11 is 0. The molecule has 8 heteroatoms. The summed E-state index contributed by atoms with van der Waals surface area (Å²) in [5.74, 6) is -0.513. The molecule has 0 fully saturated rings. The number of hydrogen-bond acceptors (Lipinski definition) is 4. The van der Waals surface area contributed by atoms with Crippen LogP contribution in [0.2, 0.25) is 0 Å². The molecule has 7 nitrogen and oxygen atoms in total. The Hall–Kier alpha value is -3.13. The van der Waals surface area contributed by atoms with Gasteiger partial charge in [-0.05, 0) is 48.4 Å². The van der Waals surface area contributed by atoms with E-state index in [1.165, 1.54) is 19.2 Å². The van der Waals surface area contributed by atoms with Crippen LogP contribution in [0.25, 0.3) is 0 Å². The summed E-state index contributed by atoms with van der Waals surface area (Å²) in [7, 11) is 5.30. The first kappa shape index (κ1) is 23.2. The lowest BCUT2D eigenvalue weighted by atomic mass is 10.1. The van der Waals surface area contributed by atoms with Crippen LogP contribution in [0.1, 0.15) is 18.1 Å². The van der Waals surface area contributed by atoms with E-state index in [4.69, 9.17) is 4.74 Å². The molecule has 3 amide bonds. The Labute approximate surface area is 176 Å². The molecule has 30 heavy (non-hydrogen) atoms. The number of urea groups is 1. The summed E-state index contributed by atoms with van der Waals surface area (Å²) < 4.78 is 18.3. The Morgan fingerprint density at radius 2 is 1.77 bits per heavy atom. The van der Waals surface area contributed by atoms with Gasteiger partial charge in [0.1, 0.15) is 12.4 Å². The standard InChI is InChI=1S/C22H29FN4O3/c1-5-24-22(29)25-19-10-11-20(26(2)3)17(12-19)14-27(21(28)15-30-4)13-16-6-8-18(23)9-7-16/h6-12H,5,13-15H2,1-4H3,(H2,24,25,29). The molecule has 2 rings (SSSR count). The molecule has 0 radical (unpaired) electrons. The van der Waals surface area contributed by atoms with E-state index in [-0.39, 0.29) is 24.4 Å². The number of carbonyl (C=O) groups excluding carboxylic acids is 2. The average Bonchev–Trinajstić information content (AvgIpc) is 2.69. The molecular formula is C22H29FN4O3.